The Balaban J connectivity index is 1.30. The second-order valence-electron chi connectivity index (χ2n) is 12.2. The molecule has 0 saturated heterocycles. The maximum Gasteiger partial charge on any atom is 0.221 e. The summed E-state index contributed by atoms with van der Waals surface area (Å²) in [5, 5.41) is 8.57. The van der Waals surface area contributed by atoms with Gasteiger partial charge in [-0.05, 0) is 70.4 Å². The van der Waals surface area contributed by atoms with Crippen LogP contribution < -0.4 is 0 Å². The molecule has 0 bridgehead atoms. The molecule has 4 aromatic heterocycles. The van der Waals surface area contributed by atoms with Crippen molar-refractivity contribution in [3.05, 3.63) is 146 Å². The number of thiophene rings is 1. The second-order valence-corrected chi connectivity index (χ2v) is 13.3. The number of nitrogens with zero attached hydrogens (tertiary/aromatic N) is 4. The van der Waals surface area contributed by atoms with E-state index in [9.17, 15) is 0 Å². The number of aromatic nitrogens is 4. The molecule has 0 spiro atoms. The average molecular weight is 617 g/mol. The molecular formula is C42H24N4S. The van der Waals surface area contributed by atoms with Gasteiger partial charge in [0.1, 0.15) is 5.65 Å². The summed E-state index contributed by atoms with van der Waals surface area (Å²) < 4.78 is 7.22. The molecule has 0 aliphatic heterocycles. The van der Waals surface area contributed by atoms with E-state index in [-0.39, 0.29) is 0 Å². The van der Waals surface area contributed by atoms with Crippen molar-refractivity contribution in [1.82, 2.24) is 18.9 Å². The van der Waals surface area contributed by atoms with Crippen LogP contribution in [0.4, 0.5) is 0 Å². The van der Waals surface area contributed by atoms with Gasteiger partial charge in [0.15, 0.2) is 0 Å². The fraction of sp³-hybridized carbons (Fsp3) is 0. The number of para-hydroxylation sites is 3. The zero-order valence-corrected chi connectivity index (χ0v) is 25.9. The third kappa shape index (κ3) is 3.41. The topological polar surface area (TPSA) is 35.1 Å². The van der Waals surface area contributed by atoms with Gasteiger partial charge < -0.3 is 0 Å². The lowest BCUT2D eigenvalue weighted by Crippen LogP contribution is -2.06. The monoisotopic (exact) mass is 616 g/mol. The number of hydrogen-bond donors (Lipinski definition) is 0. The third-order valence-corrected chi connectivity index (χ3v) is 10.9. The van der Waals surface area contributed by atoms with E-state index in [1.54, 1.807) is 0 Å². The molecule has 11 aromatic rings. The highest BCUT2D eigenvalue weighted by Crippen LogP contribution is 2.43. The first kappa shape index (κ1) is 25.2. The number of imidazole rings is 1. The Labute approximate surface area is 272 Å². The van der Waals surface area contributed by atoms with E-state index in [0.717, 1.165) is 44.6 Å². The highest BCUT2D eigenvalue weighted by atomic mass is 32.1. The number of fused-ring (bicyclic) bond motifs is 13. The van der Waals surface area contributed by atoms with E-state index in [2.05, 4.69) is 155 Å². The maximum absolute atomic E-state index is 5.38. The highest BCUT2D eigenvalue weighted by Gasteiger charge is 2.22. The van der Waals surface area contributed by atoms with E-state index >= 15 is 0 Å². The van der Waals surface area contributed by atoms with Crippen LogP contribution >= 0.6 is 11.3 Å². The minimum Gasteiger partial charge on any atom is -0.279 e. The van der Waals surface area contributed by atoms with Crippen molar-refractivity contribution in [3.63, 3.8) is 0 Å². The number of rotatable bonds is 2. The molecular weight excluding hydrogens is 593 g/mol. The van der Waals surface area contributed by atoms with Gasteiger partial charge >= 0.3 is 0 Å². The lowest BCUT2D eigenvalue weighted by atomic mass is 9.99. The summed E-state index contributed by atoms with van der Waals surface area (Å²) in [4.78, 5) is 10.5. The highest BCUT2D eigenvalue weighted by molar-refractivity contribution is 7.26. The first-order valence-corrected chi connectivity index (χ1v) is 16.7. The maximum atomic E-state index is 5.38. The molecule has 0 N–H and O–H groups in total. The summed E-state index contributed by atoms with van der Waals surface area (Å²) in [7, 11) is 0. The first-order valence-electron chi connectivity index (χ1n) is 15.8. The van der Waals surface area contributed by atoms with Crippen LogP contribution in [0.1, 0.15) is 0 Å². The Hall–Kier alpha value is -6.04. The molecule has 47 heavy (non-hydrogen) atoms. The van der Waals surface area contributed by atoms with Crippen LogP contribution in [0.15, 0.2) is 146 Å². The molecule has 218 valence electrons. The van der Waals surface area contributed by atoms with Crippen molar-refractivity contribution >= 4 is 91.7 Å². The summed E-state index contributed by atoms with van der Waals surface area (Å²) in [6.45, 7) is 0. The number of benzene rings is 7. The lowest BCUT2D eigenvalue weighted by molar-refractivity contribution is 0.980. The van der Waals surface area contributed by atoms with Crippen LogP contribution in [0.25, 0.3) is 97.4 Å². The van der Waals surface area contributed by atoms with Gasteiger partial charge in [0.05, 0.1) is 27.6 Å². The standard InChI is InChI=1S/C42H24N4S/c1-2-11-27-25(10-1)20-23-37-39(27)32-24-26(28-14-9-15-30-29-12-4-8-19-38(29)47-40(28)30)21-22-35(32)45(37)42-44-33-16-5-3-13-31(33)41-43-34-17-6-7-18-36(34)46(41)42/h1-24H. The molecule has 0 aliphatic carbocycles. The minimum atomic E-state index is 0.835. The van der Waals surface area contributed by atoms with Gasteiger partial charge in [0.25, 0.3) is 0 Å². The van der Waals surface area contributed by atoms with Crippen LogP contribution in [-0.2, 0) is 0 Å². The molecule has 7 aromatic carbocycles. The molecule has 0 radical (unpaired) electrons. The van der Waals surface area contributed by atoms with E-state index in [0.29, 0.717) is 0 Å². The summed E-state index contributed by atoms with van der Waals surface area (Å²) in [5.74, 6) is 0.835. The molecule has 11 rings (SSSR count). The zero-order chi connectivity index (χ0) is 30.6. The van der Waals surface area contributed by atoms with Crippen LogP contribution in [0, 0.1) is 0 Å². The fourth-order valence-corrected chi connectivity index (χ4v) is 8.86. The normalized spacial score (nSPS) is 12.3. The first-order chi connectivity index (χ1) is 23.3. The van der Waals surface area contributed by atoms with Crippen molar-refractivity contribution in [2.75, 3.05) is 0 Å². The van der Waals surface area contributed by atoms with E-state index in [4.69, 9.17) is 9.97 Å². The molecule has 4 nitrogen and oxygen atoms in total. The van der Waals surface area contributed by atoms with Crippen LogP contribution in [-0.4, -0.2) is 18.9 Å². The molecule has 0 amide bonds. The van der Waals surface area contributed by atoms with Gasteiger partial charge in [0, 0.05) is 36.3 Å². The molecule has 0 saturated carbocycles. The van der Waals surface area contributed by atoms with E-state index in [1.165, 1.54) is 52.8 Å². The zero-order valence-electron chi connectivity index (χ0n) is 25.1. The molecule has 0 atom stereocenters. The Bertz CT molecular complexity index is 3090. The van der Waals surface area contributed by atoms with Crippen LogP contribution in [0.2, 0.25) is 0 Å². The van der Waals surface area contributed by atoms with Gasteiger partial charge in [-0.1, -0.05) is 97.1 Å². The van der Waals surface area contributed by atoms with Crippen molar-refractivity contribution in [2.45, 2.75) is 0 Å². The predicted octanol–water partition coefficient (Wildman–Crippen LogP) is 11.3. The van der Waals surface area contributed by atoms with E-state index in [1.807, 2.05) is 11.3 Å². The largest absolute Gasteiger partial charge is 0.279 e. The second kappa shape index (κ2) is 9.25. The molecule has 0 fully saturated rings. The van der Waals surface area contributed by atoms with E-state index < -0.39 is 0 Å². The Morgan fingerprint density at radius 1 is 0.489 bits per heavy atom. The summed E-state index contributed by atoms with van der Waals surface area (Å²) in [6.07, 6.45) is 0. The third-order valence-electron chi connectivity index (χ3n) is 9.70. The Morgan fingerprint density at radius 3 is 2.17 bits per heavy atom. The van der Waals surface area contributed by atoms with Crippen molar-refractivity contribution in [2.24, 2.45) is 0 Å². The van der Waals surface area contributed by atoms with Gasteiger partial charge in [-0.15, -0.1) is 11.3 Å². The van der Waals surface area contributed by atoms with Crippen LogP contribution in [0.5, 0.6) is 0 Å². The van der Waals surface area contributed by atoms with Gasteiger partial charge in [-0.25, -0.2) is 9.97 Å². The molecule has 5 heteroatoms. The van der Waals surface area contributed by atoms with Gasteiger partial charge in [-0.3, -0.25) is 8.97 Å². The minimum absolute atomic E-state index is 0.835. The van der Waals surface area contributed by atoms with Gasteiger partial charge in [-0.2, -0.15) is 0 Å². The van der Waals surface area contributed by atoms with Crippen molar-refractivity contribution in [1.29, 1.82) is 0 Å². The lowest BCUT2D eigenvalue weighted by Gasteiger charge is -2.13. The molecule has 0 aliphatic rings. The Kier molecular flexibility index (Phi) is 4.96. The smallest absolute Gasteiger partial charge is 0.221 e. The number of hydrogen-bond acceptors (Lipinski definition) is 3. The average Bonchev–Trinajstić information content (AvgIpc) is 3.81. The molecule has 0 unspecified atom stereocenters. The Morgan fingerprint density at radius 2 is 1.23 bits per heavy atom. The summed E-state index contributed by atoms with van der Waals surface area (Å²) >= 11 is 1.88. The SMILES string of the molecule is c1ccc2c(c1)ccc1c2c2cc(-c3cccc4c3sc3ccccc34)ccc2n1-c1nc2ccccc2c2nc3ccccc3n12. The predicted molar refractivity (Wildman–Crippen MR) is 198 cm³/mol. The summed E-state index contributed by atoms with van der Waals surface area (Å²) in [5.41, 5.74) is 8.55. The van der Waals surface area contributed by atoms with Crippen molar-refractivity contribution < 1.29 is 0 Å². The summed E-state index contributed by atoms with van der Waals surface area (Å²) in [6, 6.07) is 52.3. The fourth-order valence-electron chi connectivity index (χ4n) is 7.63. The molecule has 4 heterocycles. The quantitative estimate of drug-likeness (QED) is 0.194. The van der Waals surface area contributed by atoms with Gasteiger partial charge in [0.2, 0.25) is 5.95 Å². The van der Waals surface area contributed by atoms with Crippen molar-refractivity contribution in [3.8, 4) is 17.1 Å². The van der Waals surface area contributed by atoms with Crippen LogP contribution in [0.3, 0.4) is 0 Å².